The molecule has 0 aliphatic carbocycles. The molecule has 2 saturated heterocycles. The van der Waals surface area contributed by atoms with Gasteiger partial charge in [-0.3, -0.25) is 0 Å². The van der Waals surface area contributed by atoms with Crippen molar-refractivity contribution in [3.63, 3.8) is 0 Å². The van der Waals surface area contributed by atoms with E-state index in [1.807, 2.05) is 12.4 Å². The normalized spacial score (nSPS) is 34.0. The molecule has 0 amide bonds. The lowest BCUT2D eigenvalue weighted by Gasteiger charge is -2.15. The van der Waals surface area contributed by atoms with E-state index in [2.05, 4.69) is 27.4 Å². The maximum Gasteiger partial charge on any atom is 0.115 e. The summed E-state index contributed by atoms with van der Waals surface area (Å²) in [5.41, 5.74) is 1.10. The summed E-state index contributed by atoms with van der Waals surface area (Å²) >= 11 is 0. The zero-order valence-corrected chi connectivity index (χ0v) is 8.63. The summed E-state index contributed by atoms with van der Waals surface area (Å²) in [5.74, 6) is 0.712. The molecule has 3 heterocycles. The quantitative estimate of drug-likeness (QED) is 0.790. The van der Waals surface area contributed by atoms with Crippen LogP contribution >= 0.6 is 0 Å². The number of fused-ring (bicyclic) bond motifs is 2. The average molecular weight is 201 g/mol. The van der Waals surface area contributed by atoms with Crippen molar-refractivity contribution >= 4 is 6.08 Å². The van der Waals surface area contributed by atoms with E-state index in [0.717, 1.165) is 17.6 Å². The Morgan fingerprint density at radius 1 is 1.27 bits per heavy atom. The first-order chi connectivity index (χ1) is 7.42. The largest absolute Gasteiger partial charge is 0.311 e. The molecule has 0 radical (unpaired) electrons. The Balaban J connectivity index is 1.68. The second-order valence-electron chi connectivity index (χ2n) is 4.48. The van der Waals surface area contributed by atoms with Crippen LogP contribution in [0.5, 0.6) is 0 Å². The molecule has 0 spiro atoms. The molecule has 15 heavy (non-hydrogen) atoms. The Morgan fingerprint density at radius 3 is 2.80 bits per heavy atom. The fraction of sp³-hybridized carbons (Fsp3) is 0.500. The standard InChI is InChI=1S/C12H15N3/c1(9-6-13-8-14-7-9)2-10-5-11-3-4-12(10)15-11/h1-2,6-8,10-12,15H,3-5H2. The minimum Gasteiger partial charge on any atom is -0.311 e. The molecule has 3 unspecified atom stereocenters. The van der Waals surface area contributed by atoms with E-state index in [4.69, 9.17) is 0 Å². The van der Waals surface area contributed by atoms with Crippen molar-refractivity contribution in [3.05, 3.63) is 30.4 Å². The number of nitrogens with one attached hydrogen (secondary N) is 1. The number of rotatable bonds is 2. The first-order valence-electron chi connectivity index (χ1n) is 5.61. The van der Waals surface area contributed by atoms with Crippen molar-refractivity contribution in [2.24, 2.45) is 5.92 Å². The highest BCUT2D eigenvalue weighted by atomic mass is 15.0. The Kier molecular flexibility index (Phi) is 2.25. The molecule has 3 nitrogen and oxygen atoms in total. The van der Waals surface area contributed by atoms with E-state index >= 15 is 0 Å². The van der Waals surface area contributed by atoms with Gasteiger partial charge in [0.15, 0.2) is 0 Å². The van der Waals surface area contributed by atoms with Crippen molar-refractivity contribution in [2.75, 3.05) is 0 Å². The van der Waals surface area contributed by atoms with Gasteiger partial charge in [0.25, 0.3) is 0 Å². The van der Waals surface area contributed by atoms with Crippen molar-refractivity contribution < 1.29 is 0 Å². The van der Waals surface area contributed by atoms with Gasteiger partial charge in [-0.2, -0.15) is 0 Å². The average Bonchev–Trinajstić information content (AvgIpc) is 2.89. The van der Waals surface area contributed by atoms with Gasteiger partial charge in [-0.25, -0.2) is 9.97 Å². The smallest absolute Gasteiger partial charge is 0.115 e. The van der Waals surface area contributed by atoms with Crippen LogP contribution in [0.15, 0.2) is 24.8 Å². The van der Waals surface area contributed by atoms with E-state index in [0.29, 0.717) is 5.92 Å². The van der Waals surface area contributed by atoms with Gasteiger partial charge in [0.2, 0.25) is 0 Å². The van der Waals surface area contributed by atoms with Crippen LogP contribution in [-0.2, 0) is 0 Å². The topological polar surface area (TPSA) is 37.8 Å². The summed E-state index contributed by atoms with van der Waals surface area (Å²) in [6, 6.07) is 1.49. The molecule has 3 atom stereocenters. The van der Waals surface area contributed by atoms with Crippen molar-refractivity contribution in [1.29, 1.82) is 0 Å². The molecule has 78 valence electrons. The molecule has 2 aliphatic rings. The number of aromatic nitrogens is 2. The van der Waals surface area contributed by atoms with Crippen LogP contribution in [0.1, 0.15) is 24.8 Å². The Morgan fingerprint density at radius 2 is 2.13 bits per heavy atom. The second-order valence-corrected chi connectivity index (χ2v) is 4.48. The minimum atomic E-state index is 0.712. The second kappa shape index (κ2) is 3.74. The molecule has 3 rings (SSSR count). The van der Waals surface area contributed by atoms with E-state index in [1.54, 1.807) is 6.33 Å². The van der Waals surface area contributed by atoms with Gasteiger partial charge in [0, 0.05) is 30.0 Å². The molecular weight excluding hydrogens is 186 g/mol. The van der Waals surface area contributed by atoms with Crippen LogP contribution in [0, 0.1) is 5.92 Å². The summed E-state index contributed by atoms with van der Waals surface area (Å²) in [5, 5.41) is 3.63. The fourth-order valence-electron chi connectivity index (χ4n) is 2.71. The highest BCUT2D eigenvalue weighted by Crippen LogP contribution is 2.34. The third kappa shape index (κ3) is 1.79. The van der Waals surface area contributed by atoms with E-state index in [9.17, 15) is 0 Å². The number of nitrogens with zero attached hydrogens (tertiary/aromatic N) is 2. The van der Waals surface area contributed by atoms with Gasteiger partial charge in [-0.05, 0) is 25.2 Å². The minimum absolute atomic E-state index is 0.712. The monoisotopic (exact) mass is 201 g/mol. The van der Waals surface area contributed by atoms with E-state index in [-0.39, 0.29) is 0 Å². The maximum atomic E-state index is 4.00. The molecule has 1 aromatic heterocycles. The van der Waals surface area contributed by atoms with Crippen molar-refractivity contribution in [3.8, 4) is 0 Å². The highest BCUT2D eigenvalue weighted by Gasteiger charge is 2.37. The highest BCUT2D eigenvalue weighted by molar-refractivity contribution is 5.46. The Bertz CT molecular complexity index is 360. The molecule has 0 saturated carbocycles. The first-order valence-corrected chi connectivity index (χ1v) is 5.61. The summed E-state index contributed by atoms with van der Waals surface area (Å²) in [4.78, 5) is 8.00. The predicted molar refractivity (Wildman–Crippen MR) is 59.1 cm³/mol. The third-order valence-electron chi connectivity index (χ3n) is 3.47. The summed E-state index contributed by atoms with van der Waals surface area (Å²) < 4.78 is 0. The van der Waals surface area contributed by atoms with Gasteiger partial charge in [-0.1, -0.05) is 12.2 Å². The lowest BCUT2D eigenvalue weighted by atomic mass is 9.89. The number of hydrogen-bond donors (Lipinski definition) is 1. The molecule has 1 N–H and O–H groups in total. The van der Waals surface area contributed by atoms with Crippen LogP contribution in [-0.4, -0.2) is 22.1 Å². The van der Waals surface area contributed by atoms with Gasteiger partial charge in [0.1, 0.15) is 6.33 Å². The van der Waals surface area contributed by atoms with Crippen LogP contribution < -0.4 is 5.32 Å². The maximum absolute atomic E-state index is 4.00. The number of hydrogen-bond acceptors (Lipinski definition) is 3. The molecular formula is C12H15N3. The van der Waals surface area contributed by atoms with E-state index in [1.165, 1.54) is 19.3 Å². The summed E-state index contributed by atoms with van der Waals surface area (Å²) in [6.07, 6.45) is 13.7. The molecule has 2 bridgehead atoms. The summed E-state index contributed by atoms with van der Waals surface area (Å²) in [7, 11) is 0. The fourth-order valence-corrected chi connectivity index (χ4v) is 2.71. The zero-order valence-electron chi connectivity index (χ0n) is 8.63. The molecule has 0 aromatic carbocycles. The van der Waals surface area contributed by atoms with Crippen LogP contribution in [0.3, 0.4) is 0 Å². The van der Waals surface area contributed by atoms with Gasteiger partial charge in [-0.15, -0.1) is 0 Å². The lowest BCUT2D eigenvalue weighted by Crippen LogP contribution is -2.21. The molecule has 2 fully saturated rings. The van der Waals surface area contributed by atoms with E-state index < -0.39 is 0 Å². The Hall–Kier alpha value is -1.22. The molecule has 3 heteroatoms. The zero-order chi connectivity index (χ0) is 10.1. The lowest BCUT2D eigenvalue weighted by molar-refractivity contribution is 0.481. The predicted octanol–water partition coefficient (Wildman–Crippen LogP) is 1.63. The molecule has 1 aromatic rings. The summed E-state index contributed by atoms with van der Waals surface area (Å²) in [6.45, 7) is 0. The van der Waals surface area contributed by atoms with Crippen molar-refractivity contribution in [2.45, 2.75) is 31.3 Å². The van der Waals surface area contributed by atoms with Gasteiger partial charge >= 0.3 is 0 Å². The Labute approximate surface area is 89.6 Å². The van der Waals surface area contributed by atoms with Crippen LogP contribution in [0.2, 0.25) is 0 Å². The van der Waals surface area contributed by atoms with Crippen LogP contribution in [0.25, 0.3) is 6.08 Å². The molecule has 2 aliphatic heterocycles. The third-order valence-corrected chi connectivity index (χ3v) is 3.47. The van der Waals surface area contributed by atoms with Gasteiger partial charge in [0.05, 0.1) is 0 Å². The van der Waals surface area contributed by atoms with Crippen LogP contribution in [0.4, 0.5) is 0 Å². The first kappa shape index (κ1) is 9.04. The SMILES string of the molecule is C(=CC1CC2CCC1N2)c1cncnc1. The van der Waals surface area contributed by atoms with Crippen molar-refractivity contribution in [1.82, 2.24) is 15.3 Å². The van der Waals surface area contributed by atoms with Gasteiger partial charge < -0.3 is 5.32 Å².